The van der Waals surface area contributed by atoms with Crippen molar-refractivity contribution in [3.05, 3.63) is 59.4 Å². The van der Waals surface area contributed by atoms with E-state index in [2.05, 4.69) is 12.1 Å². The quantitative estimate of drug-likeness (QED) is 0.389. The van der Waals surface area contributed by atoms with Crippen molar-refractivity contribution in [1.29, 1.82) is 0 Å². The Kier molecular flexibility index (Phi) is 4.20. The third-order valence-corrected chi connectivity index (χ3v) is 2.88. The number of nitrogens with zero attached hydrogens (tertiary/aromatic N) is 1. The number of benzene rings is 2. The monoisotopic (exact) mass is 274 g/mol. The summed E-state index contributed by atoms with van der Waals surface area (Å²) in [6, 6.07) is 11.4. The first kappa shape index (κ1) is 13.9. The summed E-state index contributed by atoms with van der Waals surface area (Å²) in [5.41, 5.74) is 6.91. The fraction of sp³-hybridized carbons (Fsp3) is 0.133. The molecule has 0 aliphatic heterocycles. The summed E-state index contributed by atoms with van der Waals surface area (Å²) in [5, 5.41) is 11.6. The maximum Gasteiger partial charge on any atom is 0.173 e. The molecule has 0 aliphatic rings. The predicted molar refractivity (Wildman–Crippen MR) is 74.8 cm³/mol. The molecule has 0 atom stereocenters. The number of amidine groups is 1. The van der Waals surface area contributed by atoms with E-state index in [-0.39, 0.29) is 11.4 Å². The summed E-state index contributed by atoms with van der Waals surface area (Å²) >= 11 is 0. The Morgan fingerprint density at radius 3 is 2.55 bits per heavy atom. The molecule has 0 spiro atoms. The van der Waals surface area contributed by atoms with Gasteiger partial charge in [0.15, 0.2) is 5.84 Å². The van der Waals surface area contributed by atoms with Crippen LogP contribution in [-0.4, -0.2) is 11.0 Å². The Hall–Kier alpha value is -2.56. The summed E-state index contributed by atoms with van der Waals surface area (Å²) < 4.78 is 18.9. The molecule has 0 radical (unpaired) electrons. The van der Waals surface area contributed by atoms with Crippen LogP contribution in [0.1, 0.15) is 18.1 Å². The van der Waals surface area contributed by atoms with Crippen LogP contribution in [0, 0.1) is 5.82 Å². The Balaban J connectivity index is 2.32. The lowest BCUT2D eigenvalue weighted by Gasteiger charge is -2.10. The average Bonchev–Trinajstić information content (AvgIpc) is 2.49. The molecule has 4 nitrogen and oxygen atoms in total. The number of nitrogens with two attached hydrogens (primary N) is 1. The molecular weight excluding hydrogens is 259 g/mol. The molecule has 2 aromatic carbocycles. The van der Waals surface area contributed by atoms with E-state index >= 15 is 0 Å². The lowest BCUT2D eigenvalue weighted by atomic mass is 10.1. The van der Waals surface area contributed by atoms with Crippen molar-refractivity contribution < 1.29 is 14.3 Å². The van der Waals surface area contributed by atoms with Crippen LogP contribution in [0.2, 0.25) is 0 Å². The van der Waals surface area contributed by atoms with Crippen molar-refractivity contribution >= 4 is 5.84 Å². The van der Waals surface area contributed by atoms with E-state index in [1.54, 1.807) is 0 Å². The van der Waals surface area contributed by atoms with E-state index in [0.717, 1.165) is 12.5 Å². The first-order valence-electron chi connectivity index (χ1n) is 6.18. The average molecular weight is 274 g/mol. The van der Waals surface area contributed by atoms with Crippen LogP contribution in [-0.2, 0) is 6.42 Å². The van der Waals surface area contributed by atoms with E-state index < -0.39 is 5.82 Å². The summed E-state index contributed by atoms with van der Waals surface area (Å²) in [7, 11) is 0. The molecule has 0 amide bonds. The Morgan fingerprint density at radius 2 is 1.95 bits per heavy atom. The largest absolute Gasteiger partial charge is 0.457 e. The van der Waals surface area contributed by atoms with Crippen LogP contribution in [0.4, 0.5) is 4.39 Å². The Morgan fingerprint density at radius 1 is 1.25 bits per heavy atom. The molecule has 0 saturated heterocycles. The molecule has 3 N–H and O–H groups in total. The topological polar surface area (TPSA) is 67.8 Å². The van der Waals surface area contributed by atoms with Crippen molar-refractivity contribution in [2.75, 3.05) is 0 Å². The number of hydrogen-bond donors (Lipinski definition) is 2. The summed E-state index contributed by atoms with van der Waals surface area (Å²) in [6.07, 6.45) is 0.937. The highest BCUT2D eigenvalue weighted by molar-refractivity contribution is 5.99. The highest BCUT2D eigenvalue weighted by Gasteiger charge is 2.11. The molecule has 0 fully saturated rings. The van der Waals surface area contributed by atoms with Crippen LogP contribution in [0.25, 0.3) is 0 Å². The van der Waals surface area contributed by atoms with Gasteiger partial charge in [-0.3, -0.25) is 0 Å². The first-order chi connectivity index (χ1) is 9.63. The van der Waals surface area contributed by atoms with Crippen LogP contribution < -0.4 is 10.5 Å². The van der Waals surface area contributed by atoms with Gasteiger partial charge in [0.25, 0.3) is 0 Å². The number of oxime groups is 1. The third-order valence-electron chi connectivity index (χ3n) is 2.88. The highest BCUT2D eigenvalue weighted by Crippen LogP contribution is 2.26. The van der Waals surface area contributed by atoms with E-state index in [1.165, 1.54) is 17.7 Å². The minimum Gasteiger partial charge on any atom is -0.457 e. The maximum absolute atomic E-state index is 13.2. The normalized spacial score (nSPS) is 11.4. The summed E-state index contributed by atoms with van der Waals surface area (Å²) in [5.74, 6) is 0.233. The molecule has 2 aromatic rings. The number of halogens is 1. The van der Waals surface area contributed by atoms with Gasteiger partial charge in [-0.1, -0.05) is 24.2 Å². The fourth-order valence-corrected chi connectivity index (χ4v) is 1.77. The zero-order valence-corrected chi connectivity index (χ0v) is 11.0. The maximum atomic E-state index is 13.2. The first-order valence-corrected chi connectivity index (χ1v) is 6.18. The van der Waals surface area contributed by atoms with Gasteiger partial charge in [-0.25, -0.2) is 4.39 Å². The molecule has 0 heterocycles. The molecule has 0 aromatic heterocycles. The second kappa shape index (κ2) is 6.06. The molecule has 20 heavy (non-hydrogen) atoms. The van der Waals surface area contributed by atoms with Crippen molar-refractivity contribution in [1.82, 2.24) is 0 Å². The molecule has 0 unspecified atom stereocenters. The smallest absolute Gasteiger partial charge is 0.173 e. The number of ether oxygens (including phenoxy) is 1. The predicted octanol–water partition coefficient (Wildman–Crippen LogP) is 3.27. The number of aryl methyl sites for hydroxylation is 1. The standard InChI is InChI=1S/C15H15FN2O2/c1-2-10-3-6-12(7-4-10)20-14-8-5-11(16)9-13(14)15(17)18-19/h3-9,19H,2H2,1H3,(H2,17,18). The molecule has 2 rings (SSSR count). The van der Waals surface area contributed by atoms with Gasteiger partial charge >= 0.3 is 0 Å². The van der Waals surface area contributed by atoms with E-state index in [0.29, 0.717) is 11.5 Å². The Labute approximate surface area is 116 Å². The molecule has 5 heteroatoms. The van der Waals surface area contributed by atoms with Gasteiger partial charge in [-0.15, -0.1) is 0 Å². The van der Waals surface area contributed by atoms with Crippen molar-refractivity contribution in [2.45, 2.75) is 13.3 Å². The number of rotatable bonds is 4. The minimum absolute atomic E-state index is 0.201. The van der Waals surface area contributed by atoms with Crippen molar-refractivity contribution in [3.8, 4) is 11.5 Å². The third kappa shape index (κ3) is 3.06. The van der Waals surface area contributed by atoms with Gasteiger partial charge in [-0.05, 0) is 42.3 Å². The fourth-order valence-electron chi connectivity index (χ4n) is 1.77. The van der Waals surface area contributed by atoms with Crippen LogP contribution >= 0.6 is 0 Å². The van der Waals surface area contributed by atoms with Crippen LogP contribution in [0.3, 0.4) is 0 Å². The zero-order valence-electron chi connectivity index (χ0n) is 11.0. The van der Waals surface area contributed by atoms with Crippen LogP contribution in [0.15, 0.2) is 47.6 Å². The van der Waals surface area contributed by atoms with Crippen LogP contribution in [0.5, 0.6) is 11.5 Å². The van der Waals surface area contributed by atoms with Gasteiger partial charge < -0.3 is 15.7 Å². The van der Waals surface area contributed by atoms with E-state index in [1.807, 2.05) is 24.3 Å². The summed E-state index contributed by atoms with van der Waals surface area (Å²) in [6.45, 7) is 2.06. The molecule has 0 bridgehead atoms. The highest BCUT2D eigenvalue weighted by atomic mass is 19.1. The zero-order chi connectivity index (χ0) is 14.5. The van der Waals surface area contributed by atoms with Gasteiger partial charge in [-0.2, -0.15) is 0 Å². The van der Waals surface area contributed by atoms with E-state index in [4.69, 9.17) is 15.7 Å². The lowest BCUT2D eigenvalue weighted by Crippen LogP contribution is -2.14. The second-order valence-corrected chi connectivity index (χ2v) is 4.23. The minimum atomic E-state index is -0.486. The summed E-state index contributed by atoms with van der Waals surface area (Å²) in [4.78, 5) is 0. The van der Waals surface area contributed by atoms with E-state index in [9.17, 15) is 4.39 Å². The Bertz CT molecular complexity index is 624. The SMILES string of the molecule is CCc1ccc(Oc2ccc(F)cc2C(N)=NO)cc1. The van der Waals surface area contributed by atoms with Gasteiger partial charge in [0, 0.05) is 0 Å². The van der Waals surface area contributed by atoms with Gasteiger partial charge in [0.05, 0.1) is 5.56 Å². The second-order valence-electron chi connectivity index (χ2n) is 4.23. The van der Waals surface area contributed by atoms with Gasteiger partial charge in [0.2, 0.25) is 0 Å². The molecular formula is C15H15FN2O2. The molecule has 104 valence electrons. The van der Waals surface area contributed by atoms with Crippen molar-refractivity contribution in [3.63, 3.8) is 0 Å². The number of hydrogen-bond acceptors (Lipinski definition) is 3. The molecule has 0 saturated carbocycles. The molecule has 0 aliphatic carbocycles. The van der Waals surface area contributed by atoms with Gasteiger partial charge in [0.1, 0.15) is 17.3 Å². The lowest BCUT2D eigenvalue weighted by molar-refractivity contribution is 0.318. The van der Waals surface area contributed by atoms with Crippen molar-refractivity contribution in [2.24, 2.45) is 10.9 Å².